The maximum Gasteiger partial charge on any atom is 0.0450 e. The third-order valence-corrected chi connectivity index (χ3v) is 4.49. The van der Waals surface area contributed by atoms with Crippen molar-refractivity contribution in [1.29, 1.82) is 0 Å². The van der Waals surface area contributed by atoms with Crippen LogP contribution in [0.4, 0.5) is 0 Å². The molecule has 0 saturated carbocycles. The van der Waals surface area contributed by atoms with Crippen molar-refractivity contribution < 1.29 is 0 Å². The van der Waals surface area contributed by atoms with E-state index in [4.69, 9.17) is 0 Å². The molecule has 0 radical (unpaired) electrons. The van der Waals surface area contributed by atoms with Crippen LogP contribution in [0.3, 0.4) is 0 Å². The molecule has 1 saturated heterocycles. The molecule has 0 bridgehead atoms. The average molecular weight is 215 g/mol. The van der Waals surface area contributed by atoms with Gasteiger partial charge in [-0.1, -0.05) is 32.6 Å². The van der Waals surface area contributed by atoms with Gasteiger partial charge in [-0.2, -0.15) is 0 Å². The number of nitrogens with zero attached hydrogens (tertiary/aromatic N) is 1. The summed E-state index contributed by atoms with van der Waals surface area (Å²) in [7, 11) is 0. The predicted molar refractivity (Wildman–Crippen MR) is 66.9 cm³/mol. The first kappa shape index (κ1) is 12.4. The van der Waals surface area contributed by atoms with Crippen molar-refractivity contribution in [2.75, 3.05) is 18.2 Å². The number of hydrogen-bond donors (Lipinski definition) is 0. The van der Waals surface area contributed by atoms with Crippen molar-refractivity contribution in [3.63, 3.8) is 0 Å². The average Bonchev–Trinajstić information content (AvgIpc) is 2.45. The van der Waals surface area contributed by atoms with Crippen molar-refractivity contribution in [3.05, 3.63) is 0 Å². The SMILES string of the molecule is CCCCCCCN1CSCC1(C)C. The summed E-state index contributed by atoms with van der Waals surface area (Å²) in [5.41, 5.74) is 0.454. The fourth-order valence-electron chi connectivity index (χ4n) is 1.95. The zero-order valence-electron chi connectivity index (χ0n) is 10.0. The minimum absolute atomic E-state index is 0.454. The molecule has 14 heavy (non-hydrogen) atoms. The molecule has 1 aliphatic heterocycles. The lowest BCUT2D eigenvalue weighted by molar-refractivity contribution is 0.182. The van der Waals surface area contributed by atoms with E-state index in [9.17, 15) is 0 Å². The molecule has 0 aromatic heterocycles. The molecule has 2 heteroatoms. The first-order valence-corrected chi connectivity index (χ1v) is 7.15. The first-order valence-electron chi connectivity index (χ1n) is 5.99. The van der Waals surface area contributed by atoms with Gasteiger partial charge in [0, 0.05) is 17.2 Å². The first-order chi connectivity index (χ1) is 6.67. The minimum atomic E-state index is 0.454. The smallest absolute Gasteiger partial charge is 0.0450 e. The van der Waals surface area contributed by atoms with Gasteiger partial charge < -0.3 is 0 Å². The molecule has 0 amide bonds. The molecule has 0 aliphatic carbocycles. The Labute approximate surface area is 93.6 Å². The van der Waals surface area contributed by atoms with Gasteiger partial charge >= 0.3 is 0 Å². The zero-order chi connectivity index (χ0) is 10.4. The molecule has 84 valence electrons. The lowest BCUT2D eigenvalue weighted by Gasteiger charge is -2.30. The van der Waals surface area contributed by atoms with Gasteiger partial charge in [-0.05, 0) is 26.8 Å². The number of hydrogen-bond acceptors (Lipinski definition) is 2. The summed E-state index contributed by atoms with van der Waals surface area (Å²) in [6, 6.07) is 0. The van der Waals surface area contributed by atoms with Crippen LogP contribution < -0.4 is 0 Å². The van der Waals surface area contributed by atoms with Crippen molar-refractivity contribution in [2.24, 2.45) is 0 Å². The van der Waals surface area contributed by atoms with Gasteiger partial charge in [0.05, 0.1) is 0 Å². The molecule has 0 aromatic rings. The van der Waals surface area contributed by atoms with E-state index in [1.807, 2.05) is 0 Å². The van der Waals surface area contributed by atoms with Gasteiger partial charge in [-0.3, -0.25) is 4.90 Å². The highest BCUT2D eigenvalue weighted by atomic mass is 32.2. The van der Waals surface area contributed by atoms with Crippen LogP contribution in [0.2, 0.25) is 0 Å². The topological polar surface area (TPSA) is 3.24 Å². The molecule has 0 aromatic carbocycles. The Morgan fingerprint density at radius 1 is 1.14 bits per heavy atom. The largest absolute Gasteiger partial charge is 0.288 e. The van der Waals surface area contributed by atoms with Gasteiger partial charge in [-0.15, -0.1) is 11.8 Å². The minimum Gasteiger partial charge on any atom is -0.288 e. The summed E-state index contributed by atoms with van der Waals surface area (Å²) in [5.74, 6) is 2.56. The van der Waals surface area contributed by atoms with Gasteiger partial charge in [0.2, 0.25) is 0 Å². The van der Waals surface area contributed by atoms with Gasteiger partial charge in [0.25, 0.3) is 0 Å². The van der Waals surface area contributed by atoms with E-state index in [0.29, 0.717) is 5.54 Å². The molecule has 1 rings (SSSR count). The fraction of sp³-hybridized carbons (Fsp3) is 1.00. The Hall–Kier alpha value is 0.310. The zero-order valence-corrected chi connectivity index (χ0v) is 10.8. The lowest BCUT2D eigenvalue weighted by atomic mass is 10.1. The predicted octanol–water partition coefficient (Wildman–Crippen LogP) is 3.74. The molecule has 1 aliphatic rings. The van der Waals surface area contributed by atoms with E-state index in [1.54, 1.807) is 0 Å². The van der Waals surface area contributed by atoms with Crippen LogP contribution >= 0.6 is 11.8 Å². The van der Waals surface area contributed by atoms with E-state index < -0.39 is 0 Å². The van der Waals surface area contributed by atoms with Crippen molar-refractivity contribution in [3.8, 4) is 0 Å². The molecule has 0 unspecified atom stereocenters. The molecule has 1 nitrogen and oxygen atoms in total. The summed E-state index contributed by atoms with van der Waals surface area (Å²) in [6.07, 6.45) is 7.01. The molecule has 0 N–H and O–H groups in total. The quantitative estimate of drug-likeness (QED) is 0.621. The molecular weight excluding hydrogens is 190 g/mol. The Morgan fingerprint density at radius 3 is 2.43 bits per heavy atom. The second kappa shape index (κ2) is 6.02. The lowest BCUT2D eigenvalue weighted by Crippen LogP contribution is -2.40. The highest BCUT2D eigenvalue weighted by molar-refractivity contribution is 7.99. The molecule has 0 atom stereocenters. The van der Waals surface area contributed by atoms with Crippen molar-refractivity contribution in [2.45, 2.75) is 58.4 Å². The number of unbranched alkanes of at least 4 members (excludes halogenated alkanes) is 4. The van der Waals surface area contributed by atoms with Crippen LogP contribution in [0.15, 0.2) is 0 Å². The third kappa shape index (κ3) is 3.82. The van der Waals surface area contributed by atoms with Crippen molar-refractivity contribution >= 4 is 11.8 Å². The second-order valence-electron chi connectivity index (χ2n) is 4.97. The van der Waals surface area contributed by atoms with Crippen LogP contribution in [0, 0.1) is 0 Å². The van der Waals surface area contributed by atoms with E-state index in [2.05, 4.69) is 37.4 Å². The molecule has 1 heterocycles. The molecule has 1 fully saturated rings. The standard InChI is InChI=1S/C12H25NS/c1-4-5-6-7-8-9-13-11-14-10-12(13,2)3/h4-11H2,1-3H3. The van der Waals surface area contributed by atoms with Crippen LogP contribution in [-0.2, 0) is 0 Å². The van der Waals surface area contributed by atoms with E-state index in [0.717, 1.165) is 0 Å². The van der Waals surface area contributed by atoms with E-state index in [-0.39, 0.29) is 0 Å². The molecular formula is C12H25NS. The van der Waals surface area contributed by atoms with Crippen LogP contribution in [0.1, 0.15) is 52.9 Å². The third-order valence-electron chi connectivity index (χ3n) is 3.09. The summed E-state index contributed by atoms with van der Waals surface area (Å²) in [4.78, 5) is 2.64. The normalized spacial score (nSPS) is 21.6. The number of thioether (sulfide) groups is 1. The summed E-state index contributed by atoms with van der Waals surface area (Å²) >= 11 is 2.08. The van der Waals surface area contributed by atoms with Gasteiger partial charge in [0.15, 0.2) is 0 Å². The highest BCUT2D eigenvalue weighted by Crippen LogP contribution is 2.30. The summed E-state index contributed by atoms with van der Waals surface area (Å²) < 4.78 is 0. The van der Waals surface area contributed by atoms with E-state index in [1.165, 1.54) is 50.3 Å². The summed E-state index contributed by atoms with van der Waals surface area (Å²) in [6.45, 7) is 8.34. The highest BCUT2D eigenvalue weighted by Gasteiger charge is 2.31. The Kier molecular flexibility index (Phi) is 5.32. The Balaban J connectivity index is 2.06. The van der Waals surface area contributed by atoms with Gasteiger partial charge in [0.1, 0.15) is 0 Å². The Bertz CT molecular complexity index is 156. The Morgan fingerprint density at radius 2 is 1.86 bits per heavy atom. The fourth-order valence-corrected chi connectivity index (χ4v) is 3.42. The van der Waals surface area contributed by atoms with Crippen LogP contribution in [-0.4, -0.2) is 28.6 Å². The monoisotopic (exact) mass is 215 g/mol. The summed E-state index contributed by atoms with van der Waals surface area (Å²) in [5, 5.41) is 0. The van der Waals surface area contributed by atoms with Gasteiger partial charge in [-0.25, -0.2) is 0 Å². The van der Waals surface area contributed by atoms with E-state index >= 15 is 0 Å². The maximum atomic E-state index is 2.64. The maximum absolute atomic E-state index is 2.64. The number of rotatable bonds is 6. The second-order valence-corrected chi connectivity index (χ2v) is 5.92. The van der Waals surface area contributed by atoms with Crippen LogP contribution in [0.25, 0.3) is 0 Å². The molecule has 0 spiro atoms. The van der Waals surface area contributed by atoms with Crippen LogP contribution in [0.5, 0.6) is 0 Å². The van der Waals surface area contributed by atoms with Crippen molar-refractivity contribution in [1.82, 2.24) is 4.90 Å².